The molecule has 1 aromatic carbocycles. The van der Waals surface area contributed by atoms with Crippen molar-refractivity contribution in [1.82, 2.24) is 4.90 Å². The van der Waals surface area contributed by atoms with Crippen molar-refractivity contribution in [2.75, 3.05) is 13.1 Å². The lowest BCUT2D eigenvalue weighted by Crippen LogP contribution is -2.45. The Morgan fingerprint density at radius 1 is 1.37 bits per heavy atom. The largest absolute Gasteiger partial charge is 0.330 e. The third kappa shape index (κ3) is 2.95. The van der Waals surface area contributed by atoms with Crippen molar-refractivity contribution in [3.63, 3.8) is 0 Å². The predicted molar refractivity (Wildman–Crippen MR) is 72.7 cm³/mol. The molecule has 19 heavy (non-hydrogen) atoms. The molecule has 2 atom stereocenters. The summed E-state index contributed by atoms with van der Waals surface area (Å²) < 4.78 is 27.1. The van der Waals surface area contributed by atoms with Crippen molar-refractivity contribution in [2.45, 2.75) is 38.8 Å². The van der Waals surface area contributed by atoms with Gasteiger partial charge < -0.3 is 5.73 Å². The molecule has 2 unspecified atom stereocenters. The maximum absolute atomic E-state index is 14.1. The van der Waals surface area contributed by atoms with Crippen molar-refractivity contribution in [3.8, 4) is 0 Å². The van der Waals surface area contributed by atoms with Gasteiger partial charge in [-0.05, 0) is 51.8 Å². The molecule has 4 heteroatoms. The van der Waals surface area contributed by atoms with E-state index in [1.54, 1.807) is 6.07 Å². The van der Waals surface area contributed by atoms with Crippen LogP contribution in [0.15, 0.2) is 18.2 Å². The maximum Gasteiger partial charge on any atom is 0.130 e. The Morgan fingerprint density at radius 3 is 2.68 bits per heavy atom. The number of nitrogens with two attached hydrogens (primary N) is 1. The Morgan fingerprint density at radius 2 is 2.11 bits per heavy atom. The smallest absolute Gasteiger partial charge is 0.130 e. The van der Waals surface area contributed by atoms with E-state index in [2.05, 4.69) is 18.7 Å². The van der Waals surface area contributed by atoms with Gasteiger partial charge in [0, 0.05) is 23.7 Å². The Balaban J connectivity index is 2.39. The number of halogens is 2. The SMILES string of the molecule is CC(C)N1CCCC(CN)C1c1ccc(F)cc1F. The van der Waals surface area contributed by atoms with Crippen LogP contribution in [0.3, 0.4) is 0 Å². The minimum absolute atomic E-state index is 0.0423. The first kappa shape index (κ1) is 14.4. The molecule has 2 rings (SSSR count). The molecule has 1 aromatic rings. The first-order chi connectivity index (χ1) is 9.04. The quantitative estimate of drug-likeness (QED) is 0.912. The lowest BCUT2D eigenvalue weighted by atomic mass is 9.83. The van der Waals surface area contributed by atoms with Crippen molar-refractivity contribution in [1.29, 1.82) is 0 Å². The second kappa shape index (κ2) is 5.97. The second-order valence-electron chi connectivity index (χ2n) is 5.58. The van der Waals surface area contributed by atoms with Gasteiger partial charge in [-0.15, -0.1) is 0 Å². The van der Waals surface area contributed by atoms with E-state index >= 15 is 0 Å². The number of nitrogens with zero attached hydrogens (tertiary/aromatic N) is 1. The molecule has 1 fully saturated rings. The average molecular weight is 268 g/mol. The van der Waals surface area contributed by atoms with Crippen molar-refractivity contribution in [3.05, 3.63) is 35.4 Å². The topological polar surface area (TPSA) is 29.3 Å². The van der Waals surface area contributed by atoms with Crippen LogP contribution in [0.25, 0.3) is 0 Å². The monoisotopic (exact) mass is 268 g/mol. The third-order valence-electron chi connectivity index (χ3n) is 4.04. The number of hydrogen-bond acceptors (Lipinski definition) is 2. The molecule has 1 aliphatic heterocycles. The van der Waals surface area contributed by atoms with Gasteiger partial charge in [0.1, 0.15) is 11.6 Å². The summed E-state index contributed by atoms with van der Waals surface area (Å²) in [5.74, 6) is -0.760. The fourth-order valence-corrected chi connectivity index (χ4v) is 3.10. The van der Waals surface area contributed by atoms with E-state index in [1.165, 1.54) is 6.07 Å². The van der Waals surface area contributed by atoms with E-state index in [9.17, 15) is 8.78 Å². The zero-order valence-electron chi connectivity index (χ0n) is 11.6. The molecule has 2 nitrogen and oxygen atoms in total. The fourth-order valence-electron chi connectivity index (χ4n) is 3.10. The summed E-state index contributed by atoms with van der Waals surface area (Å²) >= 11 is 0. The number of benzene rings is 1. The van der Waals surface area contributed by atoms with Gasteiger partial charge in [0.2, 0.25) is 0 Å². The fraction of sp³-hybridized carbons (Fsp3) is 0.600. The molecule has 0 bridgehead atoms. The van der Waals surface area contributed by atoms with Crippen molar-refractivity contribution in [2.24, 2.45) is 11.7 Å². The van der Waals surface area contributed by atoms with Crippen LogP contribution in [0.4, 0.5) is 8.78 Å². The lowest BCUT2D eigenvalue weighted by molar-refractivity contribution is 0.0641. The molecule has 1 aliphatic rings. The van der Waals surface area contributed by atoms with Gasteiger partial charge in [-0.25, -0.2) is 8.78 Å². The highest BCUT2D eigenvalue weighted by Gasteiger charge is 2.34. The van der Waals surface area contributed by atoms with Gasteiger partial charge in [-0.2, -0.15) is 0 Å². The van der Waals surface area contributed by atoms with E-state index in [0.29, 0.717) is 18.2 Å². The first-order valence-corrected chi connectivity index (χ1v) is 6.95. The molecule has 0 aliphatic carbocycles. The predicted octanol–water partition coefficient (Wildman–Crippen LogP) is 3.09. The van der Waals surface area contributed by atoms with E-state index in [1.807, 2.05) is 0 Å². The average Bonchev–Trinajstić information content (AvgIpc) is 2.38. The maximum atomic E-state index is 14.1. The zero-order chi connectivity index (χ0) is 14.0. The summed E-state index contributed by atoms with van der Waals surface area (Å²) in [6.45, 7) is 5.68. The van der Waals surface area contributed by atoms with Gasteiger partial charge in [0.15, 0.2) is 0 Å². The van der Waals surface area contributed by atoms with Crippen molar-refractivity contribution >= 4 is 0 Å². The molecule has 0 amide bonds. The van der Waals surface area contributed by atoms with E-state index in [0.717, 1.165) is 25.5 Å². The normalized spacial score (nSPS) is 24.9. The highest BCUT2D eigenvalue weighted by Crippen LogP contribution is 2.37. The molecule has 2 N–H and O–H groups in total. The standard InChI is InChI=1S/C15H22F2N2/c1-10(2)19-7-3-4-11(9-18)15(19)13-6-5-12(16)8-14(13)17/h5-6,8,10-11,15H,3-4,7,9,18H2,1-2H3. The molecule has 106 valence electrons. The molecule has 0 aromatic heterocycles. The van der Waals surface area contributed by atoms with Gasteiger partial charge >= 0.3 is 0 Å². The zero-order valence-corrected chi connectivity index (χ0v) is 11.6. The minimum atomic E-state index is -0.530. The summed E-state index contributed by atoms with van der Waals surface area (Å²) in [6, 6.07) is 4.15. The number of piperidine rings is 1. The van der Waals surface area contributed by atoms with Gasteiger partial charge in [-0.1, -0.05) is 6.07 Å². The van der Waals surface area contributed by atoms with Crippen LogP contribution in [0.1, 0.15) is 38.3 Å². The molecule has 0 saturated carbocycles. The van der Waals surface area contributed by atoms with Crippen LogP contribution < -0.4 is 5.73 Å². The van der Waals surface area contributed by atoms with Crippen molar-refractivity contribution < 1.29 is 8.78 Å². The Bertz CT molecular complexity index is 434. The summed E-state index contributed by atoms with van der Waals surface area (Å²) in [4.78, 5) is 2.28. The van der Waals surface area contributed by atoms with E-state index < -0.39 is 11.6 Å². The number of hydrogen-bond donors (Lipinski definition) is 1. The van der Waals surface area contributed by atoms with Gasteiger partial charge in [0.05, 0.1) is 0 Å². The van der Waals surface area contributed by atoms with Crippen LogP contribution >= 0.6 is 0 Å². The van der Waals surface area contributed by atoms with E-state index in [4.69, 9.17) is 5.73 Å². The third-order valence-corrected chi connectivity index (χ3v) is 4.04. The van der Waals surface area contributed by atoms with Crippen LogP contribution in [0.2, 0.25) is 0 Å². The molecule has 0 radical (unpaired) electrons. The molecule has 1 heterocycles. The second-order valence-corrected chi connectivity index (χ2v) is 5.58. The van der Waals surface area contributed by atoms with E-state index in [-0.39, 0.29) is 12.0 Å². The van der Waals surface area contributed by atoms with Crippen LogP contribution in [0.5, 0.6) is 0 Å². The van der Waals surface area contributed by atoms with Crippen LogP contribution in [-0.2, 0) is 0 Å². The summed E-state index contributed by atoms with van der Waals surface area (Å²) in [7, 11) is 0. The van der Waals surface area contributed by atoms with Crippen LogP contribution in [0, 0.1) is 17.6 Å². The Kier molecular flexibility index (Phi) is 4.53. The molecular weight excluding hydrogens is 246 g/mol. The summed E-state index contributed by atoms with van der Waals surface area (Å²) in [5.41, 5.74) is 6.42. The Hall–Kier alpha value is -1.00. The highest BCUT2D eigenvalue weighted by molar-refractivity contribution is 5.24. The Labute approximate surface area is 113 Å². The summed E-state index contributed by atoms with van der Waals surface area (Å²) in [6.07, 6.45) is 2.08. The van der Waals surface area contributed by atoms with Gasteiger partial charge in [0.25, 0.3) is 0 Å². The van der Waals surface area contributed by atoms with Gasteiger partial charge in [-0.3, -0.25) is 4.90 Å². The molecule has 1 saturated heterocycles. The summed E-state index contributed by atoms with van der Waals surface area (Å²) in [5, 5.41) is 0. The number of likely N-dealkylation sites (tertiary alicyclic amines) is 1. The molecule has 0 spiro atoms. The lowest BCUT2D eigenvalue weighted by Gasteiger charge is -2.43. The number of rotatable bonds is 3. The van der Waals surface area contributed by atoms with Crippen LogP contribution in [-0.4, -0.2) is 24.0 Å². The molecular formula is C15H22F2N2. The highest BCUT2D eigenvalue weighted by atomic mass is 19.1. The minimum Gasteiger partial charge on any atom is -0.330 e. The first-order valence-electron chi connectivity index (χ1n) is 6.95.